The molecule has 182 valence electrons. The maximum atomic E-state index is 14.1. The minimum atomic E-state index is -0.394. The number of rotatable bonds is 7. The van der Waals surface area contributed by atoms with Gasteiger partial charge in [0.15, 0.2) is 5.76 Å². The van der Waals surface area contributed by atoms with E-state index in [-0.39, 0.29) is 42.0 Å². The third kappa shape index (κ3) is 5.09. The van der Waals surface area contributed by atoms with E-state index in [1.54, 1.807) is 18.2 Å². The Morgan fingerprint density at radius 2 is 1.97 bits per heavy atom. The zero-order valence-electron chi connectivity index (χ0n) is 19.9. The molecule has 1 aromatic heterocycles. The van der Waals surface area contributed by atoms with Gasteiger partial charge in [-0.1, -0.05) is 32.0 Å². The molecule has 1 saturated carbocycles. The van der Waals surface area contributed by atoms with Crippen molar-refractivity contribution in [2.45, 2.75) is 51.8 Å². The molecule has 0 unspecified atom stereocenters. The van der Waals surface area contributed by atoms with Crippen LogP contribution in [-0.2, 0) is 17.8 Å². The Labute approximate surface area is 204 Å². The molecule has 7 heteroatoms. The highest BCUT2D eigenvalue weighted by molar-refractivity contribution is 5.91. The van der Waals surface area contributed by atoms with Gasteiger partial charge in [-0.05, 0) is 72.4 Å². The summed E-state index contributed by atoms with van der Waals surface area (Å²) in [6.07, 6.45) is 2.74. The molecule has 1 aliphatic heterocycles. The maximum Gasteiger partial charge on any atom is 0.287 e. The molecule has 0 bridgehead atoms. The van der Waals surface area contributed by atoms with Crippen molar-refractivity contribution >= 4 is 11.8 Å². The Balaban J connectivity index is 1.38. The highest BCUT2D eigenvalue weighted by Gasteiger charge is 2.33. The molecule has 2 amide bonds. The second kappa shape index (κ2) is 9.56. The molecule has 1 N–H and O–H groups in total. The quantitative estimate of drug-likeness (QED) is 0.520. The van der Waals surface area contributed by atoms with Crippen LogP contribution in [0.1, 0.15) is 65.7 Å². The first-order chi connectivity index (χ1) is 16.9. The number of hydrogen-bond acceptors (Lipinski definition) is 4. The predicted octanol–water partition coefficient (Wildman–Crippen LogP) is 5.02. The maximum absolute atomic E-state index is 14.1. The zero-order chi connectivity index (χ0) is 24.5. The highest BCUT2D eigenvalue weighted by atomic mass is 19.1. The van der Waals surface area contributed by atoms with Crippen molar-refractivity contribution in [2.75, 3.05) is 6.54 Å². The summed E-state index contributed by atoms with van der Waals surface area (Å²) < 4.78 is 25.8. The minimum absolute atomic E-state index is 0.0313. The molecule has 3 aromatic rings. The summed E-state index contributed by atoms with van der Waals surface area (Å²) >= 11 is 0. The van der Waals surface area contributed by atoms with Gasteiger partial charge in [0.05, 0.1) is 6.04 Å². The fourth-order valence-electron chi connectivity index (χ4n) is 4.50. The summed E-state index contributed by atoms with van der Waals surface area (Å²) in [5.41, 5.74) is 2.77. The highest BCUT2D eigenvalue weighted by Crippen LogP contribution is 2.38. The predicted molar refractivity (Wildman–Crippen MR) is 128 cm³/mol. The number of benzene rings is 2. The van der Waals surface area contributed by atoms with E-state index in [4.69, 9.17) is 9.15 Å². The number of carbonyl (C=O) groups excluding carboxylic acids is 2. The SMILES string of the molecule is CC(C)C(=O)N1CCc2ccc(OCc3ccc(C(=O)NC4CC4)o3)cc2[C@@H]1c1cccc(F)c1. The molecule has 1 aliphatic carbocycles. The average molecular weight is 477 g/mol. The number of furan rings is 1. The molecule has 0 radical (unpaired) electrons. The first-order valence-electron chi connectivity index (χ1n) is 12.1. The van der Waals surface area contributed by atoms with Crippen molar-refractivity contribution in [3.8, 4) is 5.75 Å². The lowest BCUT2D eigenvalue weighted by Gasteiger charge is -2.39. The Kier molecular flexibility index (Phi) is 6.32. The van der Waals surface area contributed by atoms with Crippen LogP contribution in [0.25, 0.3) is 0 Å². The number of halogens is 1. The van der Waals surface area contributed by atoms with Crippen molar-refractivity contribution in [1.29, 1.82) is 0 Å². The Hall–Kier alpha value is -3.61. The van der Waals surface area contributed by atoms with Gasteiger partial charge in [0.25, 0.3) is 5.91 Å². The lowest BCUT2D eigenvalue weighted by Crippen LogP contribution is -2.42. The topological polar surface area (TPSA) is 71.8 Å². The lowest BCUT2D eigenvalue weighted by molar-refractivity contribution is -0.136. The molecule has 2 aliphatic rings. The summed E-state index contributed by atoms with van der Waals surface area (Å²) in [5.74, 6) is 0.751. The normalized spacial score (nSPS) is 17.3. The number of ether oxygens (including phenoxy) is 1. The van der Waals surface area contributed by atoms with E-state index in [9.17, 15) is 14.0 Å². The third-order valence-corrected chi connectivity index (χ3v) is 6.47. The average Bonchev–Trinajstić information content (AvgIpc) is 3.53. The third-order valence-electron chi connectivity index (χ3n) is 6.47. The fraction of sp³-hybridized carbons (Fsp3) is 0.357. The second-order valence-corrected chi connectivity index (χ2v) is 9.56. The molecule has 2 aromatic carbocycles. The van der Waals surface area contributed by atoms with Gasteiger partial charge in [-0.2, -0.15) is 0 Å². The van der Waals surface area contributed by atoms with Crippen molar-refractivity contribution in [1.82, 2.24) is 10.2 Å². The molecular formula is C28H29FN2O4. The van der Waals surface area contributed by atoms with E-state index in [1.165, 1.54) is 12.1 Å². The standard InChI is InChI=1S/C28H29FN2O4/c1-17(2)28(33)31-13-12-18-6-9-22(15-24(18)26(31)19-4-3-5-20(29)14-19)34-16-23-10-11-25(35-23)27(32)30-21-7-8-21/h3-6,9-11,14-15,17,21,26H,7-8,12-13,16H2,1-2H3,(H,30,32)/t26-/m0/s1. The van der Waals surface area contributed by atoms with E-state index in [2.05, 4.69) is 5.32 Å². The van der Waals surface area contributed by atoms with Crippen molar-refractivity contribution in [3.05, 3.63) is 88.6 Å². The smallest absolute Gasteiger partial charge is 0.287 e. The molecule has 35 heavy (non-hydrogen) atoms. The molecule has 6 nitrogen and oxygen atoms in total. The van der Waals surface area contributed by atoms with Crippen molar-refractivity contribution in [2.24, 2.45) is 5.92 Å². The van der Waals surface area contributed by atoms with Gasteiger partial charge in [0.1, 0.15) is 23.9 Å². The Morgan fingerprint density at radius 3 is 2.71 bits per heavy atom. The van der Waals surface area contributed by atoms with E-state index in [1.807, 2.05) is 43.0 Å². The van der Waals surface area contributed by atoms with Crippen LogP contribution < -0.4 is 10.1 Å². The molecule has 0 spiro atoms. The fourth-order valence-corrected chi connectivity index (χ4v) is 4.50. The first kappa shape index (κ1) is 23.1. The number of amides is 2. The van der Waals surface area contributed by atoms with Crippen LogP contribution in [0.15, 0.2) is 59.0 Å². The number of hydrogen-bond donors (Lipinski definition) is 1. The van der Waals surface area contributed by atoms with Crippen LogP contribution in [0.4, 0.5) is 4.39 Å². The molecular weight excluding hydrogens is 447 g/mol. The van der Waals surface area contributed by atoms with Crippen LogP contribution in [0.2, 0.25) is 0 Å². The number of nitrogens with one attached hydrogen (secondary N) is 1. The van der Waals surface area contributed by atoms with Crippen LogP contribution in [0, 0.1) is 11.7 Å². The van der Waals surface area contributed by atoms with Gasteiger partial charge in [-0.3, -0.25) is 9.59 Å². The van der Waals surface area contributed by atoms with Crippen LogP contribution in [0.5, 0.6) is 5.75 Å². The first-order valence-corrected chi connectivity index (χ1v) is 12.1. The number of fused-ring (bicyclic) bond motifs is 1. The summed E-state index contributed by atoms with van der Waals surface area (Å²) in [4.78, 5) is 27.1. The minimum Gasteiger partial charge on any atom is -0.486 e. The number of carbonyl (C=O) groups is 2. The molecule has 5 rings (SSSR count). The van der Waals surface area contributed by atoms with Gasteiger partial charge >= 0.3 is 0 Å². The van der Waals surface area contributed by atoms with Crippen LogP contribution in [0.3, 0.4) is 0 Å². The van der Waals surface area contributed by atoms with E-state index < -0.39 is 6.04 Å². The van der Waals surface area contributed by atoms with Crippen LogP contribution >= 0.6 is 0 Å². The monoisotopic (exact) mass is 476 g/mol. The molecule has 2 heterocycles. The Morgan fingerprint density at radius 1 is 1.14 bits per heavy atom. The molecule has 1 fully saturated rings. The van der Waals surface area contributed by atoms with Gasteiger partial charge in [0.2, 0.25) is 5.91 Å². The van der Waals surface area contributed by atoms with E-state index in [0.717, 1.165) is 36.0 Å². The second-order valence-electron chi connectivity index (χ2n) is 9.56. The van der Waals surface area contributed by atoms with Gasteiger partial charge in [-0.15, -0.1) is 0 Å². The largest absolute Gasteiger partial charge is 0.486 e. The summed E-state index contributed by atoms with van der Waals surface area (Å²) in [5, 5.41) is 2.90. The van der Waals surface area contributed by atoms with E-state index >= 15 is 0 Å². The summed E-state index contributed by atoms with van der Waals surface area (Å²) in [6.45, 7) is 4.49. The van der Waals surface area contributed by atoms with E-state index in [0.29, 0.717) is 18.1 Å². The van der Waals surface area contributed by atoms with Gasteiger partial charge < -0.3 is 19.4 Å². The van der Waals surface area contributed by atoms with Crippen molar-refractivity contribution in [3.63, 3.8) is 0 Å². The van der Waals surface area contributed by atoms with Gasteiger partial charge in [-0.25, -0.2) is 4.39 Å². The lowest BCUT2D eigenvalue weighted by atomic mass is 9.87. The zero-order valence-corrected chi connectivity index (χ0v) is 19.9. The molecule has 1 atom stereocenters. The Bertz CT molecular complexity index is 1250. The van der Waals surface area contributed by atoms with Crippen molar-refractivity contribution < 1.29 is 23.1 Å². The summed E-state index contributed by atoms with van der Waals surface area (Å²) in [7, 11) is 0. The molecule has 0 saturated heterocycles. The van der Waals surface area contributed by atoms with Gasteiger partial charge in [0, 0.05) is 18.5 Å². The number of nitrogens with zero attached hydrogens (tertiary/aromatic N) is 1. The summed E-state index contributed by atoms with van der Waals surface area (Å²) in [6, 6.07) is 15.5. The van der Waals surface area contributed by atoms with Crippen LogP contribution in [-0.4, -0.2) is 29.3 Å².